The van der Waals surface area contributed by atoms with E-state index in [2.05, 4.69) is 34.3 Å². The van der Waals surface area contributed by atoms with Crippen LogP contribution in [0.15, 0.2) is 66.2 Å². The van der Waals surface area contributed by atoms with Crippen molar-refractivity contribution in [3.05, 3.63) is 82.3 Å². The molecule has 0 saturated carbocycles. The van der Waals surface area contributed by atoms with Gasteiger partial charge in [-0.15, -0.1) is 11.3 Å². The lowest BCUT2D eigenvalue weighted by molar-refractivity contribution is -0.134. The Hall–Kier alpha value is -2.86. The lowest BCUT2D eigenvalue weighted by atomic mass is 9.99. The van der Waals surface area contributed by atoms with E-state index in [9.17, 15) is 9.59 Å². The third-order valence-corrected chi connectivity index (χ3v) is 6.10. The Labute approximate surface area is 168 Å². The highest BCUT2D eigenvalue weighted by molar-refractivity contribution is 7.10. The van der Waals surface area contributed by atoms with Crippen LogP contribution in [0.2, 0.25) is 0 Å². The number of amides is 2. The van der Waals surface area contributed by atoms with Gasteiger partial charge in [-0.2, -0.15) is 0 Å². The van der Waals surface area contributed by atoms with E-state index in [1.54, 1.807) is 11.3 Å². The topological polar surface area (TPSA) is 54.3 Å². The molecule has 1 aliphatic rings. The van der Waals surface area contributed by atoms with E-state index in [0.29, 0.717) is 6.54 Å². The monoisotopic (exact) mass is 393 g/mol. The fourth-order valence-electron chi connectivity index (χ4n) is 3.89. The van der Waals surface area contributed by atoms with Gasteiger partial charge in [-0.1, -0.05) is 36.4 Å². The molecule has 4 rings (SSSR count). The van der Waals surface area contributed by atoms with Gasteiger partial charge < -0.3 is 14.8 Å². The highest BCUT2D eigenvalue weighted by Gasteiger charge is 2.33. The van der Waals surface area contributed by atoms with Gasteiger partial charge in [-0.25, -0.2) is 0 Å². The summed E-state index contributed by atoms with van der Waals surface area (Å²) in [5, 5.41) is 4.91. The second kappa shape index (κ2) is 8.02. The van der Waals surface area contributed by atoms with Crippen LogP contribution < -0.4 is 5.32 Å². The molecule has 0 saturated heterocycles. The molecule has 2 amide bonds. The maximum Gasteiger partial charge on any atom is 0.225 e. The zero-order valence-electron chi connectivity index (χ0n) is 15.7. The van der Waals surface area contributed by atoms with Crippen LogP contribution in [-0.4, -0.2) is 27.8 Å². The van der Waals surface area contributed by atoms with E-state index < -0.39 is 0 Å². The van der Waals surface area contributed by atoms with Crippen molar-refractivity contribution in [1.82, 2.24) is 14.8 Å². The first-order chi connectivity index (χ1) is 13.6. The lowest BCUT2D eigenvalue weighted by Crippen LogP contribution is -2.43. The van der Waals surface area contributed by atoms with Crippen LogP contribution in [0.25, 0.3) is 0 Å². The molecule has 2 aromatic heterocycles. The van der Waals surface area contributed by atoms with Gasteiger partial charge in [-0.3, -0.25) is 9.59 Å². The highest BCUT2D eigenvalue weighted by Crippen LogP contribution is 2.34. The second-order valence-corrected chi connectivity index (χ2v) is 7.98. The molecule has 2 unspecified atom stereocenters. The van der Waals surface area contributed by atoms with Crippen LogP contribution in [0.3, 0.4) is 0 Å². The molecule has 1 aliphatic heterocycles. The Morgan fingerprint density at radius 3 is 2.64 bits per heavy atom. The van der Waals surface area contributed by atoms with Gasteiger partial charge in [0.15, 0.2) is 0 Å². The average molecular weight is 394 g/mol. The predicted octanol–water partition coefficient (Wildman–Crippen LogP) is 3.75. The molecular formula is C22H23N3O2S. The summed E-state index contributed by atoms with van der Waals surface area (Å²) in [7, 11) is 0. The van der Waals surface area contributed by atoms with Crippen molar-refractivity contribution >= 4 is 23.2 Å². The molecule has 1 aromatic carbocycles. The maximum absolute atomic E-state index is 13.4. The van der Waals surface area contributed by atoms with E-state index in [-0.39, 0.29) is 30.3 Å². The SMILES string of the molecule is CC(=O)NC(CC(=O)N1CCn2cccc2C1c1ccccc1)c1cccs1. The van der Waals surface area contributed by atoms with E-state index >= 15 is 0 Å². The Morgan fingerprint density at radius 1 is 1.11 bits per heavy atom. The molecule has 5 nitrogen and oxygen atoms in total. The first-order valence-corrected chi connectivity index (χ1v) is 10.3. The smallest absolute Gasteiger partial charge is 0.225 e. The van der Waals surface area contributed by atoms with Crippen molar-refractivity contribution in [2.24, 2.45) is 0 Å². The molecule has 3 aromatic rings. The Kier molecular flexibility index (Phi) is 5.30. The summed E-state index contributed by atoms with van der Waals surface area (Å²) in [5.74, 6) is -0.0771. The van der Waals surface area contributed by atoms with Gasteiger partial charge >= 0.3 is 0 Å². The number of nitrogens with zero attached hydrogens (tertiary/aromatic N) is 2. The molecule has 6 heteroatoms. The standard InChI is InChI=1S/C22H23N3O2S/c1-16(26)23-18(20-10-6-14-28-20)15-21(27)25-13-12-24-11-5-9-19(24)22(25)17-7-3-2-4-8-17/h2-11,14,18,22H,12-13,15H2,1H3,(H,23,26). The number of fused-ring (bicyclic) bond motifs is 1. The summed E-state index contributed by atoms with van der Waals surface area (Å²) in [6.45, 7) is 2.92. The number of aromatic nitrogens is 1. The van der Waals surface area contributed by atoms with Crippen LogP contribution in [0.4, 0.5) is 0 Å². The zero-order valence-corrected chi connectivity index (χ0v) is 16.6. The summed E-state index contributed by atoms with van der Waals surface area (Å²) in [5.41, 5.74) is 2.22. The van der Waals surface area contributed by atoms with Crippen molar-refractivity contribution in [1.29, 1.82) is 0 Å². The summed E-state index contributed by atoms with van der Waals surface area (Å²) in [6.07, 6.45) is 2.32. The van der Waals surface area contributed by atoms with Gasteiger partial charge in [0.2, 0.25) is 11.8 Å². The average Bonchev–Trinajstić information content (AvgIpc) is 3.38. The van der Waals surface area contributed by atoms with Crippen molar-refractivity contribution in [2.45, 2.75) is 32.0 Å². The Morgan fingerprint density at radius 2 is 1.93 bits per heavy atom. The number of benzene rings is 1. The molecule has 2 atom stereocenters. The first kappa shape index (κ1) is 18.5. The summed E-state index contributed by atoms with van der Waals surface area (Å²) >= 11 is 1.56. The van der Waals surface area contributed by atoms with Crippen molar-refractivity contribution in [2.75, 3.05) is 6.54 Å². The molecule has 0 bridgehead atoms. The second-order valence-electron chi connectivity index (χ2n) is 7.00. The minimum absolute atomic E-state index is 0.0495. The first-order valence-electron chi connectivity index (χ1n) is 9.43. The normalized spacial score (nSPS) is 17.0. The van der Waals surface area contributed by atoms with Crippen molar-refractivity contribution in [3.63, 3.8) is 0 Å². The van der Waals surface area contributed by atoms with Gasteiger partial charge in [0.1, 0.15) is 0 Å². The lowest BCUT2D eigenvalue weighted by Gasteiger charge is -2.38. The Bertz CT molecular complexity index is 949. The Balaban J connectivity index is 1.62. The number of rotatable bonds is 5. The summed E-state index contributed by atoms with van der Waals surface area (Å²) in [4.78, 5) is 28.0. The summed E-state index contributed by atoms with van der Waals surface area (Å²) in [6, 6.07) is 17.8. The number of thiophene rings is 1. The van der Waals surface area contributed by atoms with E-state index in [0.717, 1.165) is 22.7 Å². The molecule has 3 heterocycles. The van der Waals surface area contributed by atoms with E-state index in [4.69, 9.17) is 0 Å². The molecule has 0 radical (unpaired) electrons. The van der Waals surface area contributed by atoms with Gasteiger partial charge in [0, 0.05) is 36.8 Å². The molecular weight excluding hydrogens is 370 g/mol. The van der Waals surface area contributed by atoms with Crippen LogP contribution in [0.1, 0.15) is 41.6 Å². The van der Waals surface area contributed by atoms with Crippen LogP contribution >= 0.6 is 11.3 Å². The summed E-state index contributed by atoms with van der Waals surface area (Å²) < 4.78 is 2.21. The minimum Gasteiger partial charge on any atom is -0.348 e. The van der Waals surface area contributed by atoms with Gasteiger partial charge in [0.25, 0.3) is 0 Å². The van der Waals surface area contributed by atoms with Crippen LogP contribution in [0.5, 0.6) is 0 Å². The quantitative estimate of drug-likeness (QED) is 0.718. The number of hydrogen-bond acceptors (Lipinski definition) is 3. The van der Waals surface area contributed by atoms with Gasteiger partial charge in [0.05, 0.1) is 18.5 Å². The predicted molar refractivity (Wildman–Crippen MR) is 110 cm³/mol. The van der Waals surface area contributed by atoms with Crippen LogP contribution in [-0.2, 0) is 16.1 Å². The van der Waals surface area contributed by atoms with Crippen LogP contribution in [0, 0.1) is 0 Å². The third-order valence-electron chi connectivity index (χ3n) is 5.12. The van der Waals surface area contributed by atoms with Crippen molar-refractivity contribution < 1.29 is 9.59 Å². The zero-order chi connectivity index (χ0) is 19.5. The van der Waals surface area contributed by atoms with Gasteiger partial charge in [-0.05, 0) is 29.1 Å². The maximum atomic E-state index is 13.4. The molecule has 0 aliphatic carbocycles. The fraction of sp³-hybridized carbons (Fsp3) is 0.273. The number of nitrogens with one attached hydrogen (secondary N) is 1. The molecule has 28 heavy (non-hydrogen) atoms. The third kappa shape index (κ3) is 3.73. The molecule has 1 N–H and O–H groups in total. The fourth-order valence-corrected chi connectivity index (χ4v) is 4.67. The van der Waals surface area contributed by atoms with E-state index in [1.165, 1.54) is 6.92 Å². The number of carbonyl (C=O) groups is 2. The molecule has 0 spiro atoms. The molecule has 0 fully saturated rings. The minimum atomic E-state index is -0.296. The van der Waals surface area contributed by atoms with Crippen molar-refractivity contribution in [3.8, 4) is 0 Å². The van der Waals surface area contributed by atoms with E-state index in [1.807, 2.05) is 46.7 Å². The largest absolute Gasteiger partial charge is 0.348 e. The molecule has 144 valence electrons. The number of hydrogen-bond donors (Lipinski definition) is 1. The number of carbonyl (C=O) groups excluding carboxylic acids is 2. The highest BCUT2D eigenvalue weighted by atomic mass is 32.1.